The van der Waals surface area contributed by atoms with Gasteiger partial charge in [-0.2, -0.15) is 0 Å². The van der Waals surface area contributed by atoms with Gasteiger partial charge in [0.25, 0.3) is 5.91 Å². The first kappa shape index (κ1) is 17.2. The van der Waals surface area contributed by atoms with Crippen LogP contribution in [0.5, 0.6) is 5.75 Å². The fraction of sp³-hybridized carbons (Fsp3) is 0.100. The highest BCUT2D eigenvalue weighted by Gasteiger charge is 2.27. The summed E-state index contributed by atoms with van der Waals surface area (Å²) >= 11 is 5.90. The molecule has 2 heterocycles. The fourth-order valence-electron chi connectivity index (χ4n) is 2.80. The summed E-state index contributed by atoms with van der Waals surface area (Å²) in [7, 11) is 1.61. The summed E-state index contributed by atoms with van der Waals surface area (Å²) in [6, 6.07) is 16.1. The van der Waals surface area contributed by atoms with Gasteiger partial charge in [0.2, 0.25) is 11.7 Å². The Morgan fingerprint density at radius 2 is 1.89 bits per heavy atom. The van der Waals surface area contributed by atoms with Crippen LogP contribution in [0.15, 0.2) is 70.3 Å². The van der Waals surface area contributed by atoms with Crippen molar-refractivity contribution >= 4 is 35.1 Å². The third kappa shape index (κ3) is 3.52. The van der Waals surface area contributed by atoms with E-state index in [0.717, 1.165) is 16.7 Å². The number of hydrogen-bond acceptors (Lipinski definition) is 5. The smallest absolute Gasteiger partial charge is 0.270 e. The van der Waals surface area contributed by atoms with Crippen molar-refractivity contribution in [3.05, 3.63) is 76.7 Å². The summed E-state index contributed by atoms with van der Waals surface area (Å²) in [6.07, 6.45) is 2.59. The second-order valence-corrected chi connectivity index (χ2v) is 6.35. The molecule has 0 saturated heterocycles. The Bertz CT molecular complexity index is 1070. The van der Waals surface area contributed by atoms with E-state index in [1.807, 2.05) is 36.5 Å². The van der Waals surface area contributed by atoms with Gasteiger partial charge >= 0.3 is 0 Å². The molecule has 6 nitrogen and oxygen atoms in total. The highest BCUT2D eigenvalue weighted by molar-refractivity contribution is 6.30. The Morgan fingerprint density at radius 1 is 1.15 bits per heavy atom. The zero-order valence-electron chi connectivity index (χ0n) is 14.4. The number of carbonyl (C=O) groups is 1. The van der Waals surface area contributed by atoms with E-state index in [-0.39, 0.29) is 5.91 Å². The third-order valence-electron chi connectivity index (χ3n) is 4.17. The zero-order chi connectivity index (χ0) is 18.8. The van der Waals surface area contributed by atoms with Crippen molar-refractivity contribution in [3.63, 3.8) is 0 Å². The van der Waals surface area contributed by atoms with E-state index >= 15 is 0 Å². The van der Waals surface area contributed by atoms with E-state index in [1.165, 1.54) is 0 Å². The number of anilines is 2. The summed E-state index contributed by atoms with van der Waals surface area (Å²) in [5.41, 5.74) is 1.87. The van der Waals surface area contributed by atoms with Crippen molar-refractivity contribution in [2.24, 2.45) is 4.99 Å². The largest absolute Gasteiger partial charge is 0.497 e. The summed E-state index contributed by atoms with van der Waals surface area (Å²) in [6.45, 7) is 0. The number of nitrogens with one attached hydrogen (secondary N) is 1. The molecule has 136 valence electrons. The lowest BCUT2D eigenvalue weighted by Crippen LogP contribution is -2.47. The van der Waals surface area contributed by atoms with Crippen molar-refractivity contribution in [3.8, 4) is 5.75 Å². The number of ether oxygens (including phenoxy) is 1. The number of nitrogens with zero attached hydrogens (tertiary/aromatic N) is 2. The van der Waals surface area contributed by atoms with Gasteiger partial charge in [-0.15, -0.1) is 0 Å². The second-order valence-electron chi connectivity index (χ2n) is 5.91. The lowest BCUT2D eigenvalue weighted by Gasteiger charge is -2.28. The van der Waals surface area contributed by atoms with E-state index in [9.17, 15) is 4.79 Å². The van der Waals surface area contributed by atoms with E-state index < -0.39 is 6.17 Å². The average Bonchev–Trinajstić information content (AvgIpc) is 3.16. The van der Waals surface area contributed by atoms with Crippen LogP contribution in [0.25, 0.3) is 6.20 Å². The van der Waals surface area contributed by atoms with Gasteiger partial charge in [0.05, 0.1) is 18.6 Å². The molecule has 1 amide bonds. The van der Waals surface area contributed by atoms with E-state index in [2.05, 4.69) is 10.3 Å². The van der Waals surface area contributed by atoms with Crippen LogP contribution >= 0.6 is 11.6 Å². The van der Waals surface area contributed by atoms with Gasteiger partial charge in [0, 0.05) is 22.6 Å². The fourth-order valence-corrected chi connectivity index (χ4v) is 2.93. The Kier molecular flexibility index (Phi) is 4.56. The quantitative estimate of drug-likeness (QED) is 0.754. The molecular weight excluding hydrogens is 366 g/mol. The molecule has 0 fully saturated rings. The molecule has 1 aliphatic heterocycles. The van der Waals surface area contributed by atoms with Crippen LogP contribution in [0, 0.1) is 0 Å². The predicted octanol–water partition coefficient (Wildman–Crippen LogP) is 2.78. The number of fused-ring (bicyclic) bond motifs is 1. The molecule has 3 aromatic rings. The minimum Gasteiger partial charge on any atom is -0.497 e. The molecule has 4 rings (SSSR count). The number of hydrogen-bond donors (Lipinski definition) is 1. The summed E-state index contributed by atoms with van der Waals surface area (Å²) in [5.74, 6) is 0.449. The molecule has 1 atom stereocenters. The van der Waals surface area contributed by atoms with Gasteiger partial charge in [0.1, 0.15) is 5.75 Å². The molecular formula is C20H16ClN3O3. The third-order valence-corrected chi connectivity index (χ3v) is 4.42. The molecule has 1 N–H and O–H groups in total. The monoisotopic (exact) mass is 381 g/mol. The Hall–Kier alpha value is -3.25. The SMILES string of the molecule is COc1ccc(N2C=c3ccoc3=NC2C(=O)Nc2ccc(Cl)cc2)cc1. The van der Waals surface area contributed by atoms with E-state index in [4.69, 9.17) is 20.8 Å². The van der Waals surface area contributed by atoms with Gasteiger partial charge < -0.3 is 19.4 Å². The van der Waals surface area contributed by atoms with Crippen LogP contribution in [0.1, 0.15) is 0 Å². The molecule has 0 bridgehead atoms. The van der Waals surface area contributed by atoms with E-state index in [1.54, 1.807) is 42.5 Å². The zero-order valence-corrected chi connectivity index (χ0v) is 15.2. The number of furan rings is 1. The molecule has 0 saturated carbocycles. The maximum absolute atomic E-state index is 12.9. The van der Waals surface area contributed by atoms with Crippen LogP contribution in [-0.4, -0.2) is 19.2 Å². The highest BCUT2D eigenvalue weighted by atomic mass is 35.5. The molecule has 1 aromatic heterocycles. The van der Waals surface area contributed by atoms with Gasteiger partial charge in [-0.3, -0.25) is 4.79 Å². The van der Waals surface area contributed by atoms with Crippen LogP contribution < -0.4 is 25.7 Å². The lowest BCUT2D eigenvalue weighted by atomic mass is 10.2. The van der Waals surface area contributed by atoms with Crippen molar-refractivity contribution < 1.29 is 13.9 Å². The van der Waals surface area contributed by atoms with Crippen molar-refractivity contribution in [1.29, 1.82) is 0 Å². The van der Waals surface area contributed by atoms with Gasteiger partial charge in [-0.25, -0.2) is 4.99 Å². The van der Waals surface area contributed by atoms with Crippen LogP contribution in [-0.2, 0) is 4.79 Å². The Balaban J connectivity index is 1.68. The average molecular weight is 382 g/mol. The summed E-state index contributed by atoms with van der Waals surface area (Å²) in [4.78, 5) is 19.2. The molecule has 1 aliphatic rings. The molecule has 7 heteroatoms. The second kappa shape index (κ2) is 7.17. The summed E-state index contributed by atoms with van der Waals surface area (Å²) in [5, 5.41) is 4.27. The van der Waals surface area contributed by atoms with Gasteiger partial charge in [-0.05, 0) is 54.6 Å². The first-order valence-electron chi connectivity index (χ1n) is 8.26. The van der Waals surface area contributed by atoms with Crippen molar-refractivity contribution in [2.45, 2.75) is 6.17 Å². The lowest BCUT2D eigenvalue weighted by molar-refractivity contribution is -0.117. The van der Waals surface area contributed by atoms with Crippen LogP contribution in [0.2, 0.25) is 5.02 Å². The number of halogens is 1. The van der Waals surface area contributed by atoms with Gasteiger partial charge in [-0.1, -0.05) is 11.6 Å². The molecule has 0 spiro atoms. The predicted molar refractivity (Wildman–Crippen MR) is 103 cm³/mol. The van der Waals surface area contributed by atoms with E-state index in [0.29, 0.717) is 16.3 Å². The molecule has 0 aliphatic carbocycles. The molecule has 1 unspecified atom stereocenters. The first-order valence-corrected chi connectivity index (χ1v) is 8.64. The highest BCUT2D eigenvalue weighted by Crippen LogP contribution is 2.24. The minimum absolute atomic E-state index is 0.286. The number of carbonyl (C=O) groups excluding carboxylic acids is 1. The minimum atomic E-state index is -0.812. The maximum Gasteiger partial charge on any atom is 0.270 e. The van der Waals surface area contributed by atoms with Gasteiger partial charge in [0.15, 0.2) is 0 Å². The number of benzene rings is 2. The molecule has 2 aromatic carbocycles. The van der Waals surface area contributed by atoms with Crippen LogP contribution in [0.4, 0.5) is 11.4 Å². The topological polar surface area (TPSA) is 67.1 Å². The normalized spacial score (nSPS) is 15.3. The Morgan fingerprint density at radius 3 is 2.59 bits per heavy atom. The number of amides is 1. The number of rotatable bonds is 4. The first-order chi connectivity index (χ1) is 13.1. The Labute approximate surface area is 160 Å². The maximum atomic E-state index is 12.9. The standard InChI is InChI=1S/C20H16ClN3O3/c1-26-17-8-6-16(7-9-17)24-12-13-10-11-27-20(13)23-18(24)19(25)22-15-4-2-14(21)3-5-15/h2-12,18H,1H3,(H,22,25). The van der Waals surface area contributed by atoms with Crippen molar-refractivity contribution in [2.75, 3.05) is 17.3 Å². The molecule has 27 heavy (non-hydrogen) atoms. The number of methoxy groups -OCH3 is 1. The van der Waals surface area contributed by atoms with Crippen LogP contribution in [0.3, 0.4) is 0 Å². The summed E-state index contributed by atoms with van der Waals surface area (Å²) < 4.78 is 10.6. The van der Waals surface area contributed by atoms with Crippen molar-refractivity contribution in [1.82, 2.24) is 0 Å². The molecule has 0 radical (unpaired) electrons.